The molecular formula is C18H24N2O4S. The Hall–Kier alpha value is -2.25. The maximum absolute atomic E-state index is 12.5. The molecule has 2 aromatic carbocycles. The van der Waals surface area contributed by atoms with Gasteiger partial charge in [0.1, 0.15) is 16.4 Å². The minimum atomic E-state index is -3.67. The van der Waals surface area contributed by atoms with Gasteiger partial charge in [-0.25, -0.2) is 13.1 Å². The number of benzene rings is 2. The molecule has 0 spiro atoms. The number of rotatable bonds is 9. The van der Waals surface area contributed by atoms with E-state index in [1.165, 1.54) is 20.3 Å². The fourth-order valence-corrected chi connectivity index (χ4v) is 3.66. The number of hydrogen-bond donors (Lipinski definition) is 1. The van der Waals surface area contributed by atoms with Crippen molar-refractivity contribution in [2.24, 2.45) is 0 Å². The second-order valence-electron chi connectivity index (χ2n) is 5.53. The van der Waals surface area contributed by atoms with Crippen LogP contribution in [0.5, 0.6) is 11.5 Å². The lowest BCUT2D eigenvalue weighted by Crippen LogP contribution is -2.28. The molecule has 25 heavy (non-hydrogen) atoms. The van der Waals surface area contributed by atoms with Crippen molar-refractivity contribution in [3.05, 3.63) is 48.5 Å². The summed E-state index contributed by atoms with van der Waals surface area (Å²) >= 11 is 0. The van der Waals surface area contributed by atoms with E-state index in [4.69, 9.17) is 9.47 Å². The van der Waals surface area contributed by atoms with E-state index in [-0.39, 0.29) is 10.6 Å². The summed E-state index contributed by atoms with van der Waals surface area (Å²) in [7, 11) is 1.24. The standard InChI is InChI=1S/C18H24N2O4S/c1-20(15-8-5-4-6-9-15)13-7-12-19-25(21,22)18-14-16(23-2)10-11-17(18)24-3/h4-6,8-11,14,19H,7,12-13H2,1-3H3. The van der Waals surface area contributed by atoms with Gasteiger partial charge in [-0.2, -0.15) is 0 Å². The molecule has 0 aliphatic rings. The molecule has 0 heterocycles. The molecule has 0 aliphatic heterocycles. The first kappa shape index (κ1) is 19.1. The molecular weight excluding hydrogens is 340 g/mol. The summed E-state index contributed by atoms with van der Waals surface area (Å²) in [5.74, 6) is 0.750. The van der Waals surface area contributed by atoms with Crippen molar-refractivity contribution in [1.82, 2.24) is 4.72 Å². The first-order valence-electron chi connectivity index (χ1n) is 7.96. The minimum Gasteiger partial charge on any atom is -0.497 e. The lowest BCUT2D eigenvalue weighted by molar-refractivity contribution is 0.392. The van der Waals surface area contributed by atoms with E-state index in [9.17, 15) is 8.42 Å². The van der Waals surface area contributed by atoms with Crippen molar-refractivity contribution in [1.29, 1.82) is 0 Å². The first-order chi connectivity index (χ1) is 12.0. The second-order valence-corrected chi connectivity index (χ2v) is 7.26. The highest BCUT2D eigenvalue weighted by atomic mass is 32.2. The average Bonchev–Trinajstić information content (AvgIpc) is 2.65. The molecule has 0 radical (unpaired) electrons. The lowest BCUT2D eigenvalue weighted by Gasteiger charge is -2.19. The average molecular weight is 364 g/mol. The van der Waals surface area contributed by atoms with Crippen LogP contribution in [0.2, 0.25) is 0 Å². The molecule has 0 saturated heterocycles. The lowest BCUT2D eigenvalue weighted by atomic mass is 10.3. The SMILES string of the molecule is COc1ccc(OC)c(S(=O)(=O)NCCCN(C)c2ccccc2)c1. The summed E-state index contributed by atoms with van der Waals surface area (Å²) in [6.45, 7) is 1.07. The third-order valence-corrected chi connectivity index (χ3v) is 5.30. The Balaban J connectivity index is 1.96. The van der Waals surface area contributed by atoms with E-state index in [0.717, 1.165) is 12.2 Å². The number of hydrogen-bond acceptors (Lipinski definition) is 5. The summed E-state index contributed by atoms with van der Waals surface area (Å²) in [6, 6.07) is 14.7. The van der Waals surface area contributed by atoms with Crippen LogP contribution in [0.1, 0.15) is 6.42 Å². The second kappa shape index (κ2) is 8.73. The molecule has 6 nitrogen and oxygen atoms in total. The third kappa shape index (κ3) is 5.11. The predicted molar refractivity (Wildman–Crippen MR) is 99.1 cm³/mol. The molecule has 0 aromatic heterocycles. The fourth-order valence-electron chi connectivity index (χ4n) is 2.41. The van der Waals surface area contributed by atoms with E-state index in [1.807, 2.05) is 37.4 Å². The van der Waals surface area contributed by atoms with Crippen molar-refractivity contribution >= 4 is 15.7 Å². The van der Waals surface area contributed by atoms with Crippen molar-refractivity contribution in [2.75, 3.05) is 39.3 Å². The van der Waals surface area contributed by atoms with Gasteiger partial charge >= 0.3 is 0 Å². The van der Waals surface area contributed by atoms with Crippen molar-refractivity contribution in [3.63, 3.8) is 0 Å². The Morgan fingerprint density at radius 3 is 2.40 bits per heavy atom. The molecule has 0 fully saturated rings. The number of methoxy groups -OCH3 is 2. The molecule has 2 rings (SSSR count). The largest absolute Gasteiger partial charge is 0.497 e. The summed E-state index contributed by atoms with van der Waals surface area (Å²) in [4.78, 5) is 2.16. The molecule has 2 aromatic rings. The zero-order valence-electron chi connectivity index (χ0n) is 14.7. The summed E-state index contributed by atoms with van der Waals surface area (Å²) in [5.41, 5.74) is 1.10. The van der Waals surface area contributed by atoms with Crippen LogP contribution < -0.4 is 19.1 Å². The van der Waals surface area contributed by atoms with Gasteiger partial charge in [0, 0.05) is 31.9 Å². The third-order valence-electron chi connectivity index (χ3n) is 3.82. The van der Waals surface area contributed by atoms with Crippen LogP contribution in [-0.2, 0) is 10.0 Å². The van der Waals surface area contributed by atoms with E-state index >= 15 is 0 Å². The van der Waals surface area contributed by atoms with Crippen LogP contribution in [0, 0.1) is 0 Å². The zero-order valence-corrected chi connectivity index (χ0v) is 15.5. The quantitative estimate of drug-likeness (QED) is 0.693. The van der Waals surface area contributed by atoms with Gasteiger partial charge in [0.05, 0.1) is 14.2 Å². The number of para-hydroxylation sites is 1. The predicted octanol–water partition coefficient (Wildman–Crippen LogP) is 2.51. The number of sulfonamides is 1. The van der Waals surface area contributed by atoms with Gasteiger partial charge in [0.15, 0.2) is 0 Å². The van der Waals surface area contributed by atoms with Crippen molar-refractivity contribution in [3.8, 4) is 11.5 Å². The van der Waals surface area contributed by atoms with Crippen molar-refractivity contribution < 1.29 is 17.9 Å². The van der Waals surface area contributed by atoms with Crippen LogP contribution in [0.4, 0.5) is 5.69 Å². The molecule has 0 amide bonds. The Morgan fingerprint density at radius 1 is 1.04 bits per heavy atom. The molecule has 1 N–H and O–H groups in total. The van der Waals surface area contributed by atoms with Gasteiger partial charge in [0.25, 0.3) is 0 Å². The monoisotopic (exact) mass is 364 g/mol. The molecule has 0 atom stereocenters. The Labute approximate surface area is 149 Å². The number of ether oxygens (including phenoxy) is 2. The van der Waals surface area contributed by atoms with Crippen LogP contribution >= 0.6 is 0 Å². The molecule has 0 unspecified atom stereocenters. The summed E-state index contributed by atoms with van der Waals surface area (Å²) in [5, 5.41) is 0. The van der Waals surface area contributed by atoms with Gasteiger partial charge in [-0.3, -0.25) is 0 Å². The smallest absolute Gasteiger partial charge is 0.244 e. The van der Waals surface area contributed by atoms with Gasteiger partial charge in [-0.1, -0.05) is 18.2 Å². The van der Waals surface area contributed by atoms with Gasteiger partial charge in [-0.15, -0.1) is 0 Å². The van der Waals surface area contributed by atoms with E-state index < -0.39 is 10.0 Å². The van der Waals surface area contributed by atoms with Crippen LogP contribution in [0.3, 0.4) is 0 Å². The Bertz CT molecular complexity index is 779. The maximum atomic E-state index is 12.5. The van der Waals surface area contributed by atoms with E-state index in [0.29, 0.717) is 18.7 Å². The zero-order chi connectivity index (χ0) is 18.3. The maximum Gasteiger partial charge on any atom is 0.244 e. The van der Waals surface area contributed by atoms with E-state index in [2.05, 4.69) is 9.62 Å². The minimum absolute atomic E-state index is 0.0748. The van der Waals surface area contributed by atoms with Gasteiger partial charge in [-0.05, 0) is 30.7 Å². The first-order valence-corrected chi connectivity index (χ1v) is 9.44. The molecule has 7 heteroatoms. The van der Waals surface area contributed by atoms with Crippen LogP contribution in [0.15, 0.2) is 53.4 Å². The van der Waals surface area contributed by atoms with Gasteiger partial charge < -0.3 is 14.4 Å². The fraction of sp³-hybridized carbons (Fsp3) is 0.333. The highest BCUT2D eigenvalue weighted by Crippen LogP contribution is 2.27. The Kier molecular flexibility index (Phi) is 6.66. The van der Waals surface area contributed by atoms with Crippen LogP contribution in [0.25, 0.3) is 0 Å². The molecule has 136 valence electrons. The van der Waals surface area contributed by atoms with E-state index in [1.54, 1.807) is 12.1 Å². The molecule has 0 aliphatic carbocycles. The molecule has 0 saturated carbocycles. The highest BCUT2D eigenvalue weighted by molar-refractivity contribution is 7.89. The molecule has 0 bridgehead atoms. The topological polar surface area (TPSA) is 67.9 Å². The normalized spacial score (nSPS) is 11.2. The van der Waals surface area contributed by atoms with Crippen LogP contribution in [-0.4, -0.2) is 42.8 Å². The summed E-state index contributed by atoms with van der Waals surface area (Å²) in [6.07, 6.45) is 0.677. The number of anilines is 1. The van der Waals surface area contributed by atoms with Crippen molar-refractivity contribution in [2.45, 2.75) is 11.3 Å². The number of nitrogens with zero attached hydrogens (tertiary/aromatic N) is 1. The highest BCUT2D eigenvalue weighted by Gasteiger charge is 2.20. The number of nitrogens with one attached hydrogen (secondary N) is 1. The Morgan fingerprint density at radius 2 is 1.76 bits per heavy atom. The van der Waals surface area contributed by atoms with Gasteiger partial charge in [0.2, 0.25) is 10.0 Å². The summed E-state index contributed by atoms with van der Waals surface area (Å²) < 4.78 is 37.9.